The molecule has 0 fully saturated rings. The van der Waals surface area contributed by atoms with Gasteiger partial charge >= 0.3 is 5.97 Å². The molecule has 0 aliphatic carbocycles. The molecule has 4 heteroatoms. The summed E-state index contributed by atoms with van der Waals surface area (Å²) in [5.41, 5.74) is 0. The molecule has 0 unspecified atom stereocenters. The number of hydrogen-bond donors (Lipinski definition) is 0. The molecule has 0 saturated heterocycles. The summed E-state index contributed by atoms with van der Waals surface area (Å²) < 4.78 is 29.1. The van der Waals surface area contributed by atoms with Crippen LogP contribution in [0.1, 0.15) is 6.92 Å². The number of hydrogen-bond acceptors (Lipinski definition) is 2. The highest BCUT2D eigenvalue weighted by Crippen LogP contribution is 2.17. The van der Waals surface area contributed by atoms with Crippen molar-refractivity contribution in [2.45, 2.75) is 6.92 Å². The first-order valence-electron chi connectivity index (χ1n) is 3.04. The summed E-state index contributed by atoms with van der Waals surface area (Å²) in [6.07, 6.45) is 0.657. The number of esters is 1. The highest BCUT2D eigenvalue weighted by Gasteiger charge is 2.10. The highest BCUT2D eigenvalue weighted by molar-refractivity contribution is 5.67. The van der Waals surface area contributed by atoms with Gasteiger partial charge < -0.3 is 4.74 Å². The number of rotatable bonds is 3. The first-order valence-corrected chi connectivity index (χ1v) is 3.04. The van der Waals surface area contributed by atoms with Gasteiger partial charge in [0.05, 0.1) is 0 Å². The number of allylic oxidation sites excluding steroid dienone is 3. The van der Waals surface area contributed by atoms with E-state index in [1.54, 1.807) is 0 Å². The molecule has 0 aromatic rings. The van der Waals surface area contributed by atoms with Crippen LogP contribution >= 0.6 is 0 Å². The third kappa shape index (κ3) is 3.09. The Morgan fingerprint density at radius 2 is 2.00 bits per heavy atom. The van der Waals surface area contributed by atoms with Crippen LogP contribution < -0.4 is 0 Å². The van der Waals surface area contributed by atoms with Gasteiger partial charge in [0.2, 0.25) is 5.83 Å². The fourth-order valence-electron chi connectivity index (χ4n) is 0.441. The molecular formula is C8H8F2O2. The summed E-state index contributed by atoms with van der Waals surface area (Å²) in [6, 6.07) is 0. The van der Waals surface area contributed by atoms with Crippen molar-refractivity contribution in [1.29, 1.82) is 0 Å². The van der Waals surface area contributed by atoms with E-state index in [1.165, 1.54) is 0 Å². The Labute approximate surface area is 68.8 Å². The molecule has 0 heterocycles. The highest BCUT2D eigenvalue weighted by atomic mass is 19.2. The van der Waals surface area contributed by atoms with Gasteiger partial charge in [0, 0.05) is 6.92 Å². The molecule has 0 aliphatic heterocycles. The normalized spacial score (nSPS) is 11.6. The largest absolute Gasteiger partial charge is 0.424 e. The molecule has 0 aromatic carbocycles. The Balaban J connectivity index is 4.49. The topological polar surface area (TPSA) is 26.3 Å². The summed E-state index contributed by atoms with van der Waals surface area (Å²) in [5, 5.41) is 0. The third-order valence-electron chi connectivity index (χ3n) is 0.901. The lowest BCUT2D eigenvalue weighted by Crippen LogP contribution is -1.98. The van der Waals surface area contributed by atoms with Gasteiger partial charge in [-0.3, -0.25) is 4.79 Å². The molecule has 0 aliphatic rings. The molecule has 0 radical (unpaired) electrons. The van der Waals surface area contributed by atoms with Crippen LogP contribution in [0.5, 0.6) is 0 Å². The lowest BCUT2D eigenvalue weighted by atomic mass is 10.4. The molecule has 0 rings (SSSR count). The maximum absolute atomic E-state index is 12.6. The molecule has 0 aromatic heterocycles. The van der Waals surface area contributed by atoms with Crippen molar-refractivity contribution in [3.8, 4) is 0 Å². The van der Waals surface area contributed by atoms with Gasteiger partial charge in [-0.25, -0.2) is 4.39 Å². The number of ether oxygens (including phenoxy) is 1. The Morgan fingerprint density at radius 1 is 1.50 bits per heavy atom. The predicted molar refractivity (Wildman–Crippen MR) is 40.3 cm³/mol. The molecule has 0 amide bonds. The van der Waals surface area contributed by atoms with Crippen LogP contribution in [0, 0.1) is 0 Å². The van der Waals surface area contributed by atoms with Crippen molar-refractivity contribution in [2.75, 3.05) is 0 Å². The minimum absolute atomic E-state index is 0.653. The van der Waals surface area contributed by atoms with Crippen molar-refractivity contribution in [3.05, 3.63) is 36.6 Å². The second-order valence-corrected chi connectivity index (χ2v) is 1.88. The summed E-state index contributed by atoms with van der Waals surface area (Å²) in [7, 11) is 0. The Bertz CT molecular complexity index is 254. The van der Waals surface area contributed by atoms with Gasteiger partial charge in [0.25, 0.3) is 0 Å². The third-order valence-corrected chi connectivity index (χ3v) is 0.901. The molecule has 2 nitrogen and oxygen atoms in total. The molecule has 0 bridgehead atoms. The molecular weight excluding hydrogens is 166 g/mol. The molecule has 0 N–H and O–H groups in total. The van der Waals surface area contributed by atoms with E-state index in [0.29, 0.717) is 6.08 Å². The lowest BCUT2D eigenvalue weighted by molar-refractivity contribution is -0.136. The average Bonchev–Trinajstić information content (AvgIpc) is 2.00. The maximum Gasteiger partial charge on any atom is 0.308 e. The van der Waals surface area contributed by atoms with Crippen LogP contribution in [-0.4, -0.2) is 5.97 Å². The fraction of sp³-hybridized carbons (Fsp3) is 0.125. The number of carbonyl (C=O) groups excluding carboxylic acids is 1. The average molecular weight is 174 g/mol. The Morgan fingerprint density at radius 3 is 2.33 bits per heavy atom. The fourth-order valence-corrected chi connectivity index (χ4v) is 0.441. The van der Waals surface area contributed by atoms with Gasteiger partial charge in [-0.2, -0.15) is 4.39 Å². The van der Waals surface area contributed by atoms with Crippen molar-refractivity contribution in [1.82, 2.24) is 0 Å². The van der Waals surface area contributed by atoms with Gasteiger partial charge in [0.1, 0.15) is 0 Å². The molecule has 0 spiro atoms. The Hall–Kier alpha value is -1.45. The summed E-state index contributed by atoms with van der Waals surface area (Å²) in [4.78, 5) is 10.2. The second kappa shape index (κ2) is 4.43. The van der Waals surface area contributed by atoms with Crippen LogP contribution in [0.4, 0.5) is 8.78 Å². The molecule has 0 atom stereocenters. The molecule has 12 heavy (non-hydrogen) atoms. The van der Waals surface area contributed by atoms with E-state index in [0.717, 1.165) is 6.92 Å². The smallest absolute Gasteiger partial charge is 0.308 e. The minimum atomic E-state index is -1.32. The van der Waals surface area contributed by atoms with Gasteiger partial charge in [-0.05, 0) is 6.08 Å². The number of halogens is 2. The Kier molecular flexibility index (Phi) is 3.90. The van der Waals surface area contributed by atoms with Crippen molar-refractivity contribution >= 4 is 5.97 Å². The van der Waals surface area contributed by atoms with Crippen LogP contribution in [-0.2, 0) is 9.53 Å². The second-order valence-electron chi connectivity index (χ2n) is 1.88. The van der Waals surface area contributed by atoms with E-state index in [4.69, 9.17) is 0 Å². The predicted octanol–water partition coefficient (Wildman–Crippen LogP) is 2.40. The van der Waals surface area contributed by atoms with Gasteiger partial charge in [-0.15, -0.1) is 0 Å². The standard InChI is InChI=1S/C8H8F2O2/c1-4-7(9)8(10)5(2)12-6(3)11/h4H,1-2H2,3H3/b8-7-. The summed E-state index contributed by atoms with van der Waals surface area (Å²) in [5.74, 6) is -3.94. The van der Waals surface area contributed by atoms with Crippen LogP contribution in [0.15, 0.2) is 36.6 Å². The monoisotopic (exact) mass is 174 g/mol. The van der Waals surface area contributed by atoms with Crippen LogP contribution in [0.25, 0.3) is 0 Å². The van der Waals surface area contributed by atoms with E-state index < -0.39 is 23.4 Å². The minimum Gasteiger partial charge on any atom is -0.424 e. The van der Waals surface area contributed by atoms with Crippen LogP contribution in [0.3, 0.4) is 0 Å². The van der Waals surface area contributed by atoms with Crippen molar-refractivity contribution < 1.29 is 18.3 Å². The molecule has 66 valence electrons. The zero-order valence-corrected chi connectivity index (χ0v) is 6.56. The van der Waals surface area contributed by atoms with Gasteiger partial charge in [-0.1, -0.05) is 13.2 Å². The van der Waals surface area contributed by atoms with Crippen molar-refractivity contribution in [2.24, 2.45) is 0 Å². The zero-order valence-electron chi connectivity index (χ0n) is 6.56. The van der Waals surface area contributed by atoms with Crippen LogP contribution in [0.2, 0.25) is 0 Å². The maximum atomic E-state index is 12.6. The summed E-state index contributed by atoms with van der Waals surface area (Å²) in [6.45, 7) is 7.05. The quantitative estimate of drug-likeness (QED) is 0.373. The summed E-state index contributed by atoms with van der Waals surface area (Å²) >= 11 is 0. The SMILES string of the molecule is C=C/C(F)=C(/F)C(=C)OC(C)=O. The lowest BCUT2D eigenvalue weighted by Gasteiger charge is -2.01. The molecule has 0 saturated carbocycles. The first kappa shape index (κ1) is 10.6. The van der Waals surface area contributed by atoms with E-state index >= 15 is 0 Å². The van der Waals surface area contributed by atoms with Gasteiger partial charge in [0.15, 0.2) is 11.6 Å². The first-order chi connectivity index (χ1) is 5.49. The number of carbonyl (C=O) groups is 1. The van der Waals surface area contributed by atoms with E-state index in [1.807, 2.05) is 0 Å². The van der Waals surface area contributed by atoms with E-state index in [-0.39, 0.29) is 0 Å². The zero-order chi connectivity index (χ0) is 9.72. The van der Waals surface area contributed by atoms with E-state index in [2.05, 4.69) is 17.9 Å². The van der Waals surface area contributed by atoms with Crippen molar-refractivity contribution in [3.63, 3.8) is 0 Å². The van der Waals surface area contributed by atoms with E-state index in [9.17, 15) is 13.6 Å².